The third-order valence-corrected chi connectivity index (χ3v) is 4.84. The summed E-state index contributed by atoms with van der Waals surface area (Å²) in [5.41, 5.74) is -0.271. The summed E-state index contributed by atoms with van der Waals surface area (Å²) in [5, 5.41) is 0.787. The molecule has 0 saturated heterocycles. The number of alkyl halides is 3. The number of hydrogen-bond acceptors (Lipinski definition) is 6. The van der Waals surface area contributed by atoms with Gasteiger partial charge in [0, 0.05) is 12.3 Å². The van der Waals surface area contributed by atoms with Gasteiger partial charge in [0.1, 0.15) is 11.3 Å². The number of nitrogens with zero attached hydrogens (tertiary/aromatic N) is 1. The van der Waals surface area contributed by atoms with Crippen molar-refractivity contribution in [2.24, 2.45) is 0 Å². The van der Waals surface area contributed by atoms with Gasteiger partial charge in [0.15, 0.2) is 11.0 Å². The quantitative estimate of drug-likeness (QED) is 0.817. The SMILES string of the molecule is CCOc1ccc2oc(NS(=O)(=O)C3C=CC(C(F)(F)F)=CN3)nc2c1. The second-order valence-corrected chi connectivity index (χ2v) is 7.07. The smallest absolute Gasteiger partial charge is 0.417 e. The van der Waals surface area contributed by atoms with Crippen LogP contribution < -0.4 is 14.8 Å². The zero-order valence-corrected chi connectivity index (χ0v) is 14.2. The zero-order chi connectivity index (χ0) is 18.9. The molecule has 0 spiro atoms. The molecule has 1 aliphatic rings. The van der Waals surface area contributed by atoms with Crippen molar-refractivity contribution in [1.29, 1.82) is 0 Å². The highest BCUT2D eigenvalue weighted by Crippen LogP contribution is 2.29. The maximum atomic E-state index is 12.6. The van der Waals surface area contributed by atoms with Crippen LogP contribution in [0.1, 0.15) is 6.92 Å². The van der Waals surface area contributed by atoms with Gasteiger partial charge in [-0.3, -0.25) is 0 Å². The maximum absolute atomic E-state index is 12.6. The van der Waals surface area contributed by atoms with E-state index in [2.05, 4.69) is 15.0 Å². The lowest BCUT2D eigenvalue weighted by atomic mass is 10.2. The van der Waals surface area contributed by atoms with Crippen LogP contribution in [-0.2, 0) is 10.0 Å². The van der Waals surface area contributed by atoms with Crippen LogP contribution in [0, 0.1) is 0 Å². The van der Waals surface area contributed by atoms with Gasteiger partial charge in [0.05, 0.1) is 12.2 Å². The molecule has 7 nitrogen and oxygen atoms in total. The van der Waals surface area contributed by atoms with Gasteiger partial charge in [-0.25, -0.2) is 13.1 Å². The Balaban J connectivity index is 1.77. The van der Waals surface area contributed by atoms with E-state index >= 15 is 0 Å². The molecule has 2 N–H and O–H groups in total. The molecule has 1 atom stereocenters. The number of fused-ring (bicyclic) bond motifs is 1. The number of benzene rings is 1. The van der Waals surface area contributed by atoms with Crippen LogP contribution in [0.4, 0.5) is 19.2 Å². The first kappa shape index (κ1) is 18.1. The third kappa shape index (κ3) is 3.77. The summed E-state index contributed by atoms with van der Waals surface area (Å²) in [7, 11) is -4.12. The van der Waals surface area contributed by atoms with Crippen molar-refractivity contribution in [3.63, 3.8) is 0 Å². The normalized spacial score (nSPS) is 17.7. The van der Waals surface area contributed by atoms with Gasteiger partial charge in [-0.15, -0.1) is 0 Å². The largest absolute Gasteiger partial charge is 0.494 e. The van der Waals surface area contributed by atoms with Crippen molar-refractivity contribution in [3.8, 4) is 5.75 Å². The van der Waals surface area contributed by atoms with Crippen LogP contribution >= 0.6 is 0 Å². The van der Waals surface area contributed by atoms with Crippen LogP contribution in [0.2, 0.25) is 0 Å². The van der Waals surface area contributed by atoms with Crippen LogP contribution in [0.15, 0.2) is 46.5 Å². The van der Waals surface area contributed by atoms with Crippen LogP contribution in [0.5, 0.6) is 5.75 Å². The Labute approximate surface area is 146 Å². The average Bonchev–Trinajstić information content (AvgIpc) is 2.95. The molecule has 0 radical (unpaired) electrons. The lowest BCUT2D eigenvalue weighted by molar-refractivity contribution is -0.0887. The van der Waals surface area contributed by atoms with Crippen molar-refractivity contribution in [2.45, 2.75) is 18.5 Å². The molecule has 1 unspecified atom stereocenters. The summed E-state index contributed by atoms with van der Waals surface area (Å²) < 4.78 is 75.0. The molecular formula is C15H14F3N3O4S. The minimum absolute atomic E-state index is 0.297. The fourth-order valence-electron chi connectivity index (χ4n) is 2.23. The lowest BCUT2D eigenvalue weighted by Gasteiger charge is -2.19. The first-order valence-corrected chi connectivity index (χ1v) is 9.00. The van der Waals surface area contributed by atoms with Gasteiger partial charge in [0.25, 0.3) is 10.0 Å². The van der Waals surface area contributed by atoms with E-state index in [-0.39, 0.29) is 6.01 Å². The van der Waals surface area contributed by atoms with Crippen LogP contribution in [-0.4, -0.2) is 31.6 Å². The van der Waals surface area contributed by atoms with E-state index in [1.165, 1.54) is 0 Å². The van der Waals surface area contributed by atoms with E-state index in [4.69, 9.17) is 9.15 Å². The zero-order valence-electron chi connectivity index (χ0n) is 13.4. The Bertz CT molecular complexity index is 980. The van der Waals surface area contributed by atoms with Crippen molar-refractivity contribution in [1.82, 2.24) is 10.3 Å². The summed E-state index contributed by atoms with van der Waals surface area (Å²) in [6.07, 6.45) is -2.38. The highest BCUT2D eigenvalue weighted by molar-refractivity contribution is 7.93. The number of anilines is 1. The summed E-state index contributed by atoms with van der Waals surface area (Å²) in [6, 6.07) is 4.50. The number of hydrogen-bond donors (Lipinski definition) is 2. The standard InChI is InChI=1S/C15H14F3N3O4S/c1-2-24-10-4-5-12-11(7-10)20-14(25-12)21-26(22,23)13-6-3-9(8-19-13)15(16,17)18/h3-8,13,19H,2H2,1H3,(H,20,21). The fraction of sp³-hybridized carbons (Fsp3) is 0.267. The number of sulfonamides is 1. The highest BCUT2D eigenvalue weighted by atomic mass is 32.2. The topological polar surface area (TPSA) is 93.5 Å². The molecule has 0 aliphatic carbocycles. The molecule has 1 aliphatic heterocycles. The Morgan fingerprint density at radius 1 is 1.38 bits per heavy atom. The minimum Gasteiger partial charge on any atom is -0.494 e. The van der Waals surface area contributed by atoms with E-state index in [1.54, 1.807) is 18.2 Å². The number of rotatable bonds is 5. The monoisotopic (exact) mass is 389 g/mol. The number of allylic oxidation sites excluding steroid dienone is 2. The number of halogens is 3. The highest BCUT2D eigenvalue weighted by Gasteiger charge is 2.35. The summed E-state index contributed by atoms with van der Waals surface area (Å²) in [6.45, 7) is 2.27. The number of dihydropyridines is 1. The van der Waals surface area contributed by atoms with Crippen molar-refractivity contribution in [3.05, 3.63) is 42.1 Å². The molecule has 2 aromatic rings. The average molecular weight is 389 g/mol. The second-order valence-electron chi connectivity index (χ2n) is 5.27. The molecule has 140 valence electrons. The van der Waals surface area contributed by atoms with E-state index in [0.29, 0.717) is 35.7 Å². The van der Waals surface area contributed by atoms with Gasteiger partial charge >= 0.3 is 12.2 Å². The summed E-state index contributed by atoms with van der Waals surface area (Å²) in [4.78, 5) is 4.01. The molecule has 26 heavy (non-hydrogen) atoms. The predicted molar refractivity (Wildman–Crippen MR) is 87.9 cm³/mol. The van der Waals surface area contributed by atoms with E-state index in [1.807, 2.05) is 6.92 Å². The third-order valence-electron chi connectivity index (χ3n) is 3.41. The van der Waals surface area contributed by atoms with Gasteiger partial charge < -0.3 is 14.5 Å². The molecule has 3 rings (SSSR count). The van der Waals surface area contributed by atoms with E-state index in [9.17, 15) is 21.6 Å². The Hall–Kier alpha value is -2.69. The van der Waals surface area contributed by atoms with E-state index in [0.717, 1.165) is 6.08 Å². The lowest BCUT2D eigenvalue weighted by Crippen LogP contribution is -2.38. The van der Waals surface area contributed by atoms with Crippen molar-refractivity contribution < 1.29 is 30.7 Å². The molecule has 1 aromatic carbocycles. The molecule has 1 aromatic heterocycles. The number of ether oxygens (including phenoxy) is 1. The van der Waals surface area contributed by atoms with Gasteiger partial charge in [-0.2, -0.15) is 18.2 Å². The predicted octanol–water partition coefficient (Wildman–Crippen LogP) is 2.90. The fourth-order valence-corrected chi connectivity index (χ4v) is 3.22. The Morgan fingerprint density at radius 3 is 2.77 bits per heavy atom. The van der Waals surface area contributed by atoms with Crippen LogP contribution in [0.25, 0.3) is 11.1 Å². The molecule has 11 heteroatoms. The van der Waals surface area contributed by atoms with E-state index < -0.39 is 27.1 Å². The van der Waals surface area contributed by atoms with Gasteiger partial charge in [-0.1, -0.05) is 0 Å². The number of aromatic nitrogens is 1. The molecule has 0 saturated carbocycles. The molecule has 0 amide bonds. The summed E-state index contributed by atoms with van der Waals surface area (Å²) in [5.74, 6) is 0.546. The minimum atomic E-state index is -4.57. The molecule has 0 fully saturated rings. The van der Waals surface area contributed by atoms with Gasteiger partial charge in [0.2, 0.25) is 0 Å². The number of nitrogens with one attached hydrogen (secondary N) is 2. The van der Waals surface area contributed by atoms with Crippen molar-refractivity contribution >= 4 is 27.1 Å². The van der Waals surface area contributed by atoms with Crippen LogP contribution in [0.3, 0.4) is 0 Å². The first-order valence-electron chi connectivity index (χ1n) is 7.45. The molecule has 0 bridgehead atoms. The Kier molecular flexibility index (Phi) is 4.57. The maximum Gasteiger partial charge on any atom is 0.417 e. The van der Waals surface area contributed by atoms with Crippen molar-refractivity contribution in [2.75, 3.05) is 11.3 Å². The number of oxazole rings is 1. The first-order chi connectivity index (χ1) is 12.2. The molecular weight excluding hydrogens is 375 g/mol. The molecule has 2 heterocycles. The Morgan fingerprint density at radius 2 is 2.15 bits per heavy atom. The second kappa shape index (κ2) is 6.56. The summed E-state index contributed by atoms with van der Waals surface area (Å²) >= 11 is 0. The van der Waals surface area contributed by atoms with Gasteiger partial charge in [-0.05, 0) is 31.2 Å².